The summed E-state index contributed by atoms with van der Waals surface area (Å²) in [5.74, 6) is -1.17. The molecule has 10 heteroatoms. The number of rotatable bonds is 8. The first-order valence-corrected chi connectivity index (χ1v) is 11.1. The molecular formula is C20H23N3O5S2. The minimum Gasteiger partial charge on any atom is -0.465 e. The molecule has 0 radical (unpaired) electrons. The summed E-state index contributed by atoms with van der Waals surface area (Å²) in [6.07, 6.45) is 4.29. The highest BCUT2D eigenvalue weighted by molar-refractivity contribution is 7.17. The Hall–Kier alpha value is -2.72. The number of anilines is 2. The van der Waals surface area contributed by atoms with Gasteiger partial charge in [0, 0.05) is 16.8 Å². The van der Waals surface area contributed by atoms with E-state index in [1.807, 2.05) is 0 Å². The van der Waals surface area contributed by atoms with Crippen molar-refractivity contribution in [3.63, 3.8) is 0 Å². The van der Waals surface area contributed by atoms with Gasteiger partial charge in [0.2, 0.25) is 0 Å². The predicted molar refractivity (Wildman–Crippen MR) is 117 cm³/mol. The molecule has 0 spiro atoms. The molecule has 1 aliphatic carbocycles. The minimum absolute atomic E-state index is 0.121. The highest BCUT2D eigenvalue weighted by Gasteiger charge is 2.29. The van der Waals surface area contributed by atoms with E-state index in [1.165, 1.54) is 29.8 Å². The molecule has 2 N–H and O–H groups in total. The highest BCUT2D eigenvalue weighted by atomic mass is 32.1. The van der Waals surface area contributed by atoms with Crippen LogP contribution in [-0.4, -0.2) is 43.1 Å². The van der Waals surface area contributed by atoms with Crippen molar-refractivity contribution in [2.45, 2.75) is 26.2 Å². The molecule has 1 atom stereocenters. The van der Waals surface area contributed by atoms with Gasteiger partial charge in [0.15, 0.2) is 17.4 Å². The van der Waals surface area contributed by atoms with Gasteiger partial charge in [-0.3, -0.25) is 4.79 Å². The second-order valence-corrected chi connectivity index (χ2v) is 8.84. The van der Waals surface area contributed by atoms with Gasteiger partial charge in [0.05, 0.1) is 12.7 Å². The van der Waals surface area contributed by atoms with Crippen molar-refractivity contribution in [1.82, 2.24) is 4.98 Å². The molecular weight excluding hydrogens is 426 g/mol. The Kier molecular flexibility index (Phi) is 7.22. The average molecular weight is 450 g/mol. The summed E-state index contributed by atoms with van der Waals surface area (Å²) >= 11 is 2.64. The third-order valence-electron chi connectivity index (χ3n) is 4.60. The van der Waals surface area contributed by atoms with Crippen LogP contribution in [0.1, 0.15) is 44.6 Å². The summed E-state index contributed by atoms with van der Waals surface area (Å²) < 4.78 is 9.97. The summed E-state index contributed by atoms with van der Waals surface area (Å²) in [4.78, 5) is 42.0. The molecule has 8 nitrogen and oxygen atoms in total. The number of hydrogen-bond acceptors (Lipinski definition) is 9. The van der Waals surface area contributed by atoms with Gasteiger partial charge in [0.1, 0.15) is 5.00 Å². The quantitative estimate of drug-likeness (QED) is 0.469. The van der Waals surface area contributed by atoms with E-state index in [-0.39, 0.29) is 5.69 Å². The van der Waals surface area contributed by atoms with Crippen molar-refractivity contribution < 1.29 is 23.9 Å². The molecule has 0 aliphatic heterocycles. The topological polar surface area (TPSA) is 107 Å². The normalized spacial score (nSPS) is 15.1. The number of ether oxygens (including phenoxy) is 2. The van der Waals surface area contributed by atoms with Crippen molar-refractivity contribution in [3.8, 4) is 0 Å². The number of nitrogens with one attached hydrogen (secondary N) is 2. The van der Waals surface area contributed by atoms with Crippen LogP contribution in [0, 0.1) is 5.92 Å². The maximum absolute atomic E-state index is 12.4. The Morgan fingerprint density at radius 3 is 2.90 bits per heavy atom. The molecule has 0 saturated heterocycles. The van der Waals surface area contributed by atoms with Crippen LogP contribution in [0.2, 0.25) is 0 Å². The highest BCUT2D eigenvalue weighted by Crippen LogP contribution is 2.40. The van der Waals surface area contributed by atoms with Crippen LogP contribution >= 0.6 is 22.7 Å². The Balaban J connectivity index is 1.63. The molecule has 2 aromatic heterocycles. The number of esters is 2. The van der Waals surface area contributed by atoms with Gasteiger partial charge in [-0.25, -0.2) is 14.6 Å². The second kappa shape index (κ2) is 9.86. The van der Waals surface area contributed by atoms with Crippen LogP contribution in [0.25, 0.3) is 0 Å². The summed E-state index contributed by atoms with van der Waals surface area (Å²) in [6, 6.07) is 0. The number of amides is 1. The Morgan fingerprint density at radius 2 is 2.17 bits per heavy atom. The fourth-order valence-electron chi connectivity index (χ4n) is 3.13. The molecule has 160 valence electrons. The molecule has 30 heavy (non-hydrogen) atoms. The molecule has 2 aromatic rings. The van der Waals surface area contributed by atoms with Crippen LogP contribution in [0.5, 0.6) is 0 Å². The second-order valence-electron chi connectivity index (χ2n) is 6.88. The maximum atomic E-state index is 12.4. The Labute approximate surface area is 182 Å². The van der Waals surface area contributed by atoms with E-state index in [0.717, 1.165) is 29.7 Å². The van der Waals surface area contributed by atoms with Gasteiger partial charge in [-0.05, 0) is 30.7 Å². The van der Waals surface area contributed by atoms with E-state index >= 15 is 0 Å². The Morgan fingerprint density at radius 1 is 1.37 bits per heavy atom. The molecule has 1 amide bonds. The monoisotopic (exact) mass is 449 g/mol. The Bertz CT molecular complexity index is 966. The lowest BCUT2D eigenvalue weighted by Gasteiger charge is -2.18. The average Bonchev–Trinajstić information content (AvgIpc) is 3.34. The molecule has 3 rings (SSSR count). The number of carbonyl (C=O) groups is 3. The van der Waals surface area contributed by atoms with Crippen molar-refractivity contribution >= 4 is 50.7 Å². The van der Waals surface area contributed by atoms with Crippen molar-refractivity contribution in [1.29, 1.82) is 0 Å². The zero-order valence-electron chi connectivity index (χ0n) is 16.8. The van der Waals surface area contributed by atoms with Gasteiger partial charge >= 0.3 is 11.9 Å². The lowest BCUT2D eigenvalue weighted by atomic mass is 9.88. The van der Waals surface area contributed by atoms with E-state index in [9.17, 15) is 14.4 Å². The van der Waals surface area contributed by atoms with Crippen LogP contribution in [0.15, 0.2) is 18.0 Å². The van der Waals surface area contributed by atoms with E-state index in [4.69, 9.17) is 9.47 Å². The first-order chi connectivity index (χ1) is 14.4. The van der Waals surface area contributed by atoms with Crippen molar-refractivity contribution in [2.24, 2.45) is 5.92 Å². The number of thiazole rings is 1. The van der Waals surface area contributed by atoms with E-state index < -0.39 is 24.5 Å². The van der Waals surface area contributed by atoms with E-state index in [0.29, 0.717) is 28.2 Å². The smallest absolute Gasteiger partial charge is 0.358 e. The standard InChI is InChI=1S/C20H23N3O5S2/c1-4-7-21-20-22-13(10-29-20)18(25)28-9-15(24)23-17-16(19(26)27-3)12-6-5-11(2)8-14(12)30-17/h4,10-11H,1,5-9H2,2-3H3,(H,21,22)(H,23,24). The van der Waals surface area contributed by atoms with Crippen molar-refractivity contribution in [2.75, 3.05) is 30.9 Å². The zero-order valence-corrected chi connectivity index (χ0v) is 18.4. The number of methoxy groups -OCH3 is 1. The number of hydrogen-bond donors (Lipinski definition) is 2. The molecule has 1 unspecified atom stereocenters. The lowest BCUT2D eigenvalue weighted by molar-refractivity contribution is -0.119. The van der Waals surface area contributed by atoms with Gasteiger partial charge in [-0.1, -0.05) is 13.0 Å². The molecule has 0 saturated carbocycles. The summed E-state index contributed by atoms with van der Waals surface area (Å²) in [5.41, 5.74) is 1.47. The molecule has 0 fully saturated rings. The summed E-state index contributed by atoms with van der Waals surface area (Å²) in [5, 5.41) is 8.22. The lowest BCUT2D eigenvalue weighted by Crippen LogP contribution is -2.22. The molecule has 1 aliphatic rings. The number of aromatic nitrogens is 1. The van der Waals surface area contributed by atoms with Crippen LogP contribution < -0.4 is 10.6 Å². The number of nitrogens with zero attached hydrogens (tertiary/aromatic N) is 1. The third-order valence-corrected chi connectivity index (χ3v) is 6.57. The minimum atomic E-state index is -0.694. The summed E-state index contributed by atoms with van der Waals surface area (Å²) in [7, 11) is 1.32. The third kappa shape index (κ3) is 5.06. The summed E-state index contributed by atoms with van der Waals surface area (Å²) in [6.45, 7) is 5.80. The molecule has 2 heterocycles. The predicted octanol–water partition coefficient (Wildman–Crippen LogP) is 3.51. The maximum Gasteiger partial charge on any atom is 0.358 e. The number of carbonyl (C=O) groups excluding carboxylic acids is 3. The SMILES string of the molecule is C=CCNc1nc(C(=O)OCC(=O)Nc2sc3c(c2C(=O)OC)CCC(C)C3)cs1. The van der Waals surface area contributed by atoms with Gasteiger partial charge in [0.25, 0.3) is 5.91 Å². The van der Waals surface area contributed by atoms with E-state index in [2.05, 4.69) is 29.1 Å². The number of thiophene rings is 1. The first kappa shape index (κ1) is 22.0. The van der Waals surface area contributed by atoms with Gasteiger partial charge in [-0.2, -0.15) is 0 Å². The van der Waals surface area contributed by atoms with Gasteiger partial charge in [-0.15, -0.1) is 29.3 Å². The van der Waals surface area contributed by atoms with E-state index in [1.54, 1.807) is 11.5 Å². The first-order valence-electron chi connectivity index (χ1n) is 9.43. The number of fused-ring (bicyclic) bond motifs is 1. The molecule has 0 bridgehead atoms. The van der Waals surface area contributed by atoms with Crippen LogP contribution in [-0.2, 0) is 27.1 Å². The van der Waals surface area contributed by atoms with Crippen LogP contribution in [0.4, 0.5) is 10.1 Å². The zero-order chi connectivity index (χ0) is 21.7. The van der Waals surface area contributed by atoms with Crippen LogP contribution in [0.3, 0.4) is 0 Å². The van der Waals surface area contributed by atoms with Gasteiger partial charge < -0.3 is 20.1 Å². The fourth-order valence-corrected chi connectivity index (χ4v) is 5.24. The largest absolute Gasteiger partial charge is 0.465 e. The fraction of sp³-hybridized carbons (Fsp3) is 0.400. The molecule has 0 aromatic carbocycles. The van der Waals surface area contributed by atoms with Crippen molar-refractivity contribution in [3.05, 3.63) is 39.7 Å².